The third kappa shape index (κ3) is 5.07. The second-order valence-electron chi connectivity index (χ2n) is 12.9. The van der Waals surface area contributed by atoms with Crippen LogP contribution in [0.15, 0.2) is 83.3 Å². The molecule has 0 bridgehead atoms. The van der Waals surface area contributed by atoms with E-state index in [0.717, 1.165) is 26.6 Å². The molecule has 6 aromatic carbocycles. The zero-order chi connectivity index (χ0) is 37.7. The Morgan fingerprint density at radius 3 is 1.33 bits per heavy atom. The highest BCUT2D eigenvalue weighted by Crippen LogP contribution is 2.44. The lowest BCUT2D eigenvalue weighted by molar-refractivity contribution is 0.670. The molecule has 3 aromatic heterocycles. The molecule has 0 saturated carbocycles. The maximum atomic E-state index is 6.83. The van der Waals surface area contributed by atoms with Crippen LogP contribution >= 0.6 is 11.3 Å². The molecule has 0 unspecified atom stereocenters. The average Bonchev–Trinajstić information content (AvgIpc) is 3.77. The monoisotopic (exact) mass is 681 g/mol. The highest BCUT2D eigenvalue weighted by molar-refractivity contribution is 7.26. The van der Waals surface area contributed by atoms with E-state index in [-0.39, 0.29) is 83.2 Å². The van der Waals surface area contributed by atoms with E-state index < -0.39 is 0 Å². The predicted octanol–water partition coefficient (Wildman–Crippen LogP) is -1.26. The van der Waals surface area contributed by atoms with Gasteiger partial charge in [0.15, 0.2) is 17.5 Å². The lowest BCUT2D eigenvalue weighted by Crippen LogP contribution is -2.55. The number of aromatic nitrogens is 3. The molecule has 4 nitrogen and oxygen atoms in total. The molecule has 9 aromatic rings. The van der Waals surface area contributed by atoms with Gasteiger partial charge in [-0.1, -0.05) is 88.6 Å². The first kappa shape index (κ1) is 34.7. The molecule has 0 aliphatic rings. The average molecular weight is 680 g/mol. The van der Waals surface area contributed by atoms with Gasteiger partial charge in [0.05, 0.1) is 5.56 Å². The zero-order valence-electron chi connectivity index (χ0n) is 28.4. The summed E-state index contributed by atoms with van der Waals surface area (Å²) in [6.07, 6.45) is 0. The fourth-order valence-electron chi connectivity index (χ4n) is 7.07. The Morgan fingerprint density at radius 1 is 0.370 bits per heavy atom. The Kier molecular flexibility index (Phi) is 8.24. The number of nitrogens with zero attached hydrogens (tertiary/aromatic N) is 3. The van der Waals surface area contributed by atoms with Crippen LogP contribution in [-0.2, 0) is 0 Å². The largest absolute Gasteiger partial charge is 0.455 e. The van der Waals surface area contributed by atoms with Crippen molar-refractivity contribution >= 4 is 187 Å². The fraction of sp³-hybridized carbons (Fsp3) is 0. The summed E-state index contributed by atoms with van der Waals surface area (Å²) in [6.45, 7) is 0. The highest BCUT2D eigenvalue weighted by Gasteiger charge is 2.24. The SMILES string of the molecule is [B]c1c([B])c([B])c(-c2nc(-c3c([B])c([B])c([B])c([B])c3[B])nc(-c3cccc4c3oc3c(-c5cccc6c5sc5ccccc56)cccc34)n2)c([B])c1[B]. The molecule has 0 aliphatic carbocycles. The van der Waals surface area contributed by atoms with Crippen molar-refractivity contribution in [1.29, 1.82) is 0 Å². The number of benzene rings is 6. The van der Waals surface area contributed by atoms with E-state index in [4.69, 9.17) is 97.8 Å². The second kappa shape index (κ2) is 12.8. The van der Waals surface area contributed by atoms with Gasteiger partial charge in [-0.25, -0.2) is 15.0 Å². The first-order chi connectivity index (χ1) is 26.0. The Hall–Kier alpha value is -5.00. The summed E-state index contributed by atoms with van der Waals surface area (Å²) in [5.74, 6) is 0.163. The summed E-state index contributed by atoms with van der Waals surface area (Å²) in [7, 11) is 63.3. The summed E-state index contributed by atoms with van der Waals surface area (Å²) in [5, 5.41) is 4.11. The van der Waals surface area contributed by atoms with Crippen LogP contribution in [0.4, 0.5) is 0 Å². The molecule has 9 rings (SSSR count). The highest BCUT2D eigenvalue weighted by atomic mass is 32.1. The van der Waals surface area contributed by atoms with Gasteiger partial charge in [-0.05, 0) is 12.1 Å². The van der Waals surface area contributed by atoms with E-state index in [1.807, 2.05) is 30.3 Å². The molecule has 226 valence electrons. The van der Waals surface area contributed by atoms with Crippen molar-refractivity contribution in [3.05, 3.63) is 78.9 Å². The van der Waals surface area contributed by atoms with Crippen LogP contribution in [0.5, 0.6) is 0 Å². The van der Waals surface area contributed by atoms with E-state index in [1.54, 1.807) is 11.3 Å². The van der Waals surface area contributed by atoms with Gasteiger partial charge in [0.1, 0.15) is 89.6 Å². The molecule has 54 heavy (non-hydrogen) atoms. The topological polar surface area (TPSA) is 51.8 Å². The van der Waals surface area contributed by atoms with Gasteiger partial charge in [0, 0.05) is 53.2 Å². The van der Waals surface area contributed by atoms with E-state index in [2.05, 4.69) is 48.5 Å². The maximum absolute atomic E-state index is 6.83. The molecule has 0 saturated heterocycles. The van der Waals surface area contributed by atoms with Crippen LogP contribution in [0.3, 0.4) is 0 Å². The van der Waals surface area contributed by atoms with Crippen molar-refractivity contribution in [2.45, 2.75) is 0 Å². The van der Waals surface area contributed by atoms with Crippen LogP contribution in [0.2, 0.25) is 0 Å². The quantitative estimate of drug-likeness (QED) is 0.219. The first-order valence-corrected chi connectivity index (χ1v) is 17.4. The molecule has 15 heteroatoms. The summed E-state index contributed by atoms with van der Waals surface area (Å²) in [4.78, 5) is 14.4. The van der Waals surface area contributed by atoms with Gasteiger partial charge >= 0.3 is 0 Å². The minimum atomic E-state index is 0.00131. The first-order valence-electron chi connectivity index (χ1n) is 16.6. The molecule has 0 atom stereocenters. The molecule has 0 fully saturated rings. The van der Waals surface area contributed by atoms with Crippen LogP contribution in [-0.4, -0.2) is 93.4 Å². The summed E-state index contributed by atoms with van der Waals surface area (Å²) >= 11 is 1.75. The fourth-order valence-corrected chi connectivity index (χ4v) is 8.30. The van der Waals surface area contributed by atoms with Crippen LogP contribution in [0.25, 0.3) is 87.4 Å². The van der Waals surface area contributed by atoms with Crippen molar-refractivity contribution in [2.24, 2.45) is 0 Å². The number of hydrogen-bond acceptors (Lipinski definition) is 5. The molecular formula is C39H13B10N3OS. The molecule has 0 N–H and O–H groups in total. The Labute approximate surface area is 328 Å². The summed E-state index contributed by atoms with van der Waals surface area (Å²) in [6, 6.07) is 26.5. The van der Waals surface area contributed by atoms with Crippen molar-refractivity contribution < 1.29 is 4.42 Å². The molecule has 0 spiro atoms. The molecule has 0 aliphatic heterocycles. The van der Waals surface area contributed by atoms with Gasteiger partial charge in [-0.15, -0.1) is 44.1 Å². The van der Waals surface area contributed by atoms with Gasteiger partial charge in [0.25, 0.3) is 0 Å². The predicted molar refractivity (Wildman–Crippen MR) is 236 cm³/mol. The van der Waals surface area contributed by atoms with Crippen molar-refractivity contribution in [1.82, 2.24) is 15.0 Å². The lowest BCUT2D eigenvalue weighted by Gasteiger charge is -2.22. The second-order valence-corrected chi connectivity index (χ2v) is 14.0. The normalized spacial score (nSPS) is 11.7. The maximum Gasteiger partial charge on any atom is 0.167 e. The number of thiophene rings is 1. The standard InChI is InChI=1S/C39H13B10N3OS/c40-24-22(25(41)29(45)32(48)28(24)44)38-50-37(51-39(52-38)23-26(42)30(46)33(49)31(47)27(23)43)20-12-4-8-16-15-7-3-9-17(34(15)53-35(16)20)19-11-5-10-18-14-6-1-2-13-21(14)54-36(18)19/h1-13H. The summed E-state index contributed by atoms with van der Waals surface area (Å²) < 4.78 is 9.20. The Bertz CT molecular complexity index is 2940. The van der Waals surface area contributed by atoms with Crippen LogP contribution in [0.1, 0.15) is 0 Å². The number of furan rings is 1. The molecule has 20 radical (unpaired) electrons. The van der Waals surface area contributed by atoms with Gasteiger partial charge < -0.3 is 4.42 Å². The van der Waals surface area contributed by atoms with Gasteiger partial charge in [-0.3, -0.25) is 0 Å². The molecular weight excluding hydrogens is 667 g/mol. The Morgan fingerprint density at radius 2 is 0.778 bits per heavy atom. The van der Waals surface area contributed by atoms with E-state index >= 15 is 0 Å². The zero-order valence-corrected chi connectivity index (χ0v) is 29.3. The molecule has 0 amide bonds. The van der Waals surface area contributed by atoms with Gasteiger partial charge in [-0.2, -0.15) is 0 Å². The summed E-state index contributed by atoms with van der Waals surface area (Å²) in [5.41, 5.74) is 4.16. The van der Waals surface area contributed by atoms with Gasteiger partial charge in [0.2, 0.25) is 0 Å². The smallest absolute Gasteiger partial charge is 0.167 e. The van der Waals surface area contributed by atoms with E-state index in [0.29, 0.717) is 16.7 Å². The number of rotatable bonds is 4. The molecule has 3 heterocycles. The number of para-hydroxylation sites is 2. The number of fused-ring (bicyclic) bond motifs is 6. The minimum absolute atomic E-state index is 0.00131. The van der Waals surface area contributed by atoms with E-state index in [1.165, 1.54) is 15.5 Å². The third-order valence-electron chi connectivity index (χ3n) is 9.94. The Balaban J connectivity index is 1.34. The van der Waals surface area contributed by atoms with Crippen molar-refractivity contribution in [3.63, 3.8) is 0 Å². The lowest BCUT2D eigenvalue weighted by atomic mass is 9.60. The van der Waals surface area contributed by atoms with Crippen molar-refractivity contribution in [2.75, 3.05) is 0 Å². The van der Waals surface area contributed by atoms with Crippen LogP contribution < -0.4 is 54.6 Å². The minimum Gasteiger partial charge on any atom is -0.455 e. The van der Waals surface area contributed by atoms with Crippen molar-refractivity contribution in [3.8, 4) is 45.3 Å². The van der Waals surface area contributed by atoms with Crippen LogP contribution in [0, 0.1) is 0 Å². The van der Waals surface area contributed by atoms with E-state index in [9.17, 15) is 0 Å². The number of hydrogen-bond donors (Lipinski definition) is 0. The third-order valence-corrected chi connectivity index (χ3v) is 11.2.